The highest BCUT2D eigenvalue weighted by molar-refractivity contribution is 4.48. The van der Waals surface area contributed by atoms with Crippen LogP contribution in [0, 0.1) is 0 Å². The van der Waals surface area contributed by atoms with E-state index in [9.17, 15) is 0 Å². The Labute approximate surface area is 75.0 Å². The first kappa shape index (κ1) is 11.9. The monoisotopic (exact) mass is 176 g/mol. The third-order valence-electron chi connectivity index (χ3n) is 1.35. The molecule has 0 aromatic rings. The summed E-state index contributed by atoms with van der Waals surface area (Å²) in [5, 5.41) is 0. The van der Waals surface area contributed by atoms with E-state index in [4.69, 9.17) is 14.2 Å². The van der Waals surface area contributed by atoms with Gasteiger partial charge in [-0.25, -0.2) is 0 Å². The summed E-state index contributed by atoms with van der Waals surface area (Å²) in [6.07, 6.45) is 0.432. The molecule has 0 fully saturated rings. The van der Waals surface area contributed by atoms with Crippen LogP contribution in [0.3, 0.4) is 0 Å². The standard InChI is InChI=1S/C9H20O3/c1-8(2)12-7-9(3)11-6-5-10-4/h8-9H,5-7H2,1-4H3/t9-/m0/s1. The van der Waals surface area contributed by atoms with Gasteiger partial charge in [-0.2, -0.15) is 0 Å². The quantitative estimate of drug-likeness (QED) is 0.550. The van der Waals surface area contributed by atoms with Crippen molar-refractivity contribution in [1.82, 2.24) is 0 Å². The molecule has 0 heterocycles. The van der Waals surface area contributed by atoms with Gasteiger partial charge >= 0.3 is 0 Å². The molecular weight excluding hydrogens is 156 g/mol. The van der Waals surface area contributed by atoms with Crippen molar-refractivity contribution in [2.24, 2.45) is 0 Å². The van der Waals surface area contributed by atoms with Crippen LogP contribution in [0.2, 0.25) is 0 Å². The molecule has 1 atom stereocenters. The van der Waals surface area contributed by atoms with Crippen molar-refractivity contribution in [3.63, 3.8) is 0 Å². The van der Waals surface area contributed by atoms with Gasteiger partial charge in [0, 0.05) is 7.11 Å². The van der Waals surface area contributed by atoms with Crippen LogP contribution >= 0.6 is 0 Å². The number of hydrogen-bond donors (Lipinski definition) is 0. The Bertz CT molecular complexity index is 93.8. The van der Waals surface area contributed by atoms with Crippen molar-refractivity contribution in [2.75, 3.05) is 26.9 Å². The molecule has 12 heavy (non-hydrogen) atoms. The lowest BCUT2D eigenvalue weighted by atomic mass is 10.4. The fourth-order valence-electron chi connectivity index (χ4n) is 0.709. The van der Waals surface area contributed by atoms with Crippen LogP contribution < -0.4 is 0 Å². The van der Waals surface area contributed by atoms with Gasteiger partial charge in [0.15, 0.2) is 0 Å². The molecule has 0 saturated carbocycles. The van der Waals surface area contributed by atoms with Gasteiger partial charge in [0.2, 0.25) is 0 Å². The normalized spacial score (nSPS) is 13.8. The van der Waals surface area contributed by atoms with Crippen molar-refractivity contribution in [1.29, 1.82) is 0 Å². The van der Waals surface area contributed by atoms with Crippen LogP contribution in [0.1, 0.15) is 20.8 Å². The summed E-state index contributed by atoms with van der Waals surface area (Å²) in [6.45, 7) is 7.97. The van der Waals surface area contributed by atoms with Crippen molar-refractivity contribution < 1.29 is 14.2 Å². The van der Waals surface area contributed by atoms with Gasteiger partial charge in [0.05, 0.1) is 32.0 Å². The lowest BCUT2D eigenvalue weighted by Gasteiger charge is -2.14. The minimum absolute atomic E-state index is 0.155. The van der Waals surface area contributed by atoms with Gasteiger partial charge in [-0.15, -0.1) is 0 Å². The summed E-state index contributed by atoms with van der Waals surface area (Å²) in [4.78, 5) is 0. The molecule has 0 aromatic heterocycles. The average molecular weight is 176 g/mol. The van der Waals surface area contributed by atoms with E-state index in [1.54, 1.807) is 7.11 Å². The van der Waals surface area contributed by atoms with E-state index in [1.807, 2.05) is 20.8 Å². The highest BCUT2D eigenvalue weighted by Crippen LogP contribution is 1.95. The maximum atomic E-state index is 5.38. The zero-order chi connectivity index (χ0) is 9.40. The Kier molecular flexibility index (Phi) is 7.45. The van der Waals surface area contributed by atoms with Crippen LogP contribution in [0.5, 0.6) is 0 Å². The molecule has 0 unspecified atom stereocenters. The summed E-state index contributed by atoms with van der Waals surface area (Å²) in [6, 6.07) is 0. The predicted molar refractivity (Wildman–Crippen MR) is 48.4 cm³/mol. The molecule has 0 aromatic carbocycles. The molecule has 0 saturated heterocycles. The van der Waals surface area contributed by atoms with E-state index in [0.717, 1.165) is 0 Å². The topological polar surface area (TPSA) is 27.7 Å². The molecule has 0 radical (unpaired) electrons. The van der Waals surface area contributed by atoms with Gasteiger partial charge in [-0.05, 0) is 20.8 Å². The second-order valence-electron chi connectivity index (χ2n) is 3.06. The van der Waals surface area contributed by atoms with E-state index in [2.05, 4.69) is 0 Å². The summed E-state index contributed by atoms with van der Waals surface area (Å²) in [5.74, 6) is 0. The predicted octanol–water partition coefficient (Wildman–Crippen LogP) is 1.46. The molecule has 0 aliphatic rings. The molecule has 0 amide bonds. The molecule has 0 aliphatic heterocycles. The third-order valence-corrected chi connectivity index (χ3v) is 1.35. The second kappa shape index (κ2) is 7.53. The minimum Gasteiger partial charge on any atom is -0.382 e. The van der Waals surface area contributed by atoms with Crippen molar-refractivity contribution >= 4 is 0 Å². The highest BCUT2D eigenvalue weighted by Gasteiger charge is 2.02. The molecule has 0 rings (SSSR count). The van der Waals surface area contributed by atoms with E-state index in [0.29, 0.717) is 19.8 Å². The summed E-state index contributed by atoms with van der Waals surface area (Å²) in [7, 11) is 1.67. The number of methoxy groups -OCH3 is 1. The van der Waals surface area contributed by atoms with Gasteiger partial charge < -0.3 is 14.2 Å². The summed E-state index contributed by atoms with van der Waals surface area (Å²) >= 11 is 0. The zero-order valence-corrected chi connectivity index (χ0v) is 8.50. The van der Waals surface area contributed by atoms with Gasteiger partial charge in [-0.3, -0.25) is 0 Å². The first-order chi connectivity index (χ1) is 5.66. The van der Waals surface area contributed by atoms with Gasteiger partial charge in [0.1, 0.15) is 0 Å². The largest absolute Gasteiger partial charge is 0.382 e. The van der Waals surface area contributed by atoms with Crippen LogP contribution in [0.15, 0.2) is 0 Å². The Balaban J connectivity index is 3.15. The number of ether oxygens (including phenoxy) is 3. The Morgan fingerprint density at radius 2 is 1.67 bits per heavy atom. The lowest BCUT2D eigenvalue weighted by molar-refractivity contribution is -0.0389. The maximum Gasteiger partial charge on any atom is 0.0781 e. The molecule has 3 nitrogen and oxygen atoms in total. The fraction of sp³-hybridized carbons (Fsp3) is 1.00. The van der Waals surface area contributed by atoms with E-state index in [-0.39, 0.29) is 12.2 Å². The van der Waals surface area contributed by atoms with Crippen molar-refractivity contribution in [3.8, 4) is 0 Å². The first-order valence-electron chi connectivity index (χ1n) is 4.39. The summed E-state index contributed by atoms with van der Waals surface area (Å²) < 4.78 is 15.6. The van der Waals surface area contributed by atoms with Crippen molar-refractivity contribution in [2.45, 2.75) is 33.0 Å². The smallest absolute Gasteiger partial charge is 0.0781 e. The van der Waals surface area contributed by atoms with Crippen LogP contribution in [-0.2, 0) is 14.2 Å². The van der Waals surface area contributed by atoms with Gasteiger partial charge in [0.25, 0.3) is 0 Å². The van der Waals surface area contributed by atoms with Crippen molar-refractivity contribution in [3.05, 3.63) is 0 Å². The first-order valence-corrected chi connectivity index (χ1v) is 4.39. The number of hydrogen-bond acceptors (Lipinski definition) is 3. The molecule has 0 aliphatic carbocycles. The molecule has 3 heteroatoms. The Morgan fingerprint density at radius 3 is 2.17 bits per heavy atom. The maximum absolute atomic E-state index is 5.38. The highest BCUT2D eigenvalue weighted by atomic mass is 16.5. The fourth-order valence-corrected chi connectivity index (χ4v) is 0.709. The SMILES string of the molecule is COCCO[C@@H](C)COC(C)C. The van der Waals surface area contributed by atoms with Gasteiger partial charge in [-0.1, -0.05) is 0 Å². The minimum atomic E-state index is 0.155. The Hall–Kier alpha value is -0.120. The second-order valence-corrected chi connectivity index (χ2v) is 3.06. The molecule has 0 N–H and O–H groups in total. The molecule has 0 spiro atoms. The lowest BCUT2D eigenvalue weighted by Crippen LogP contribution is -2.20. The average Bonchev–Trinajstić information content (AvgIpc) is 2.01. The van der Waals surface area contributed by atoms with Crippen LogP contribution in [-0.4, -0.2) is 39.1 Å². The number of rotatable bonds is 7. The zero-order valence-electron chi connectivity index (χ0n) is 8.50. The molecular formula is C9H20O3. The third kappa shape index (κ3) is 7.98. The Morgan fingerprint density at radius 1 is 1.00 bits per heavy atom. The molecule has 0 bridgehead atoms. The molecule has 74 valence electrons. The van der Waals surface area contributed by atoms with E-state index in [1.165, 1.54) is 0 Å². The summed E-state index contributed by atoms with van der Waals surface area (Å²) in [5.41, 5.74) is 0. The van der Waals surface area contributed by atoms with Crippen LogP contribution in [0.4, 0.5) is 0 Å². The van der Waals surface area contributed by atoms with E-state index < -0.39 is 0 Å². The van der Waals surface area contributed by atoms with E-state index >= 15 is 0 Å². The van der Waals surface area contributed by atoms with Crippen LogP contribution in [0.25, 0.3) is 0 Å².